The van der Waals surface area contributed by atoms with Gasteiger partial charge < -0.3 is 18.9 Å². The SMILES string of the molecule is CC(C)(C)OC(=O)N1CCN(Cc2ccc(B3OC(C)(C)C(C)(C)O3)cc2)C(=O)C1. The van der Waals surface area contributed by atoms with Crippen LogP contribution in [-0.2, 0) is 25.4 Å². The molecule has 2 amide bonds. The van der Waals surface area contributed by atoms with Crippen molar-refractivity contribution in [3.8, 4) is 0 Å². The van der Waals surface area contributed by atoms with Gasteiger partial charge in [-0.2, -0.15) is 0 Å². The topological polar surface area (TPSA) is 68.3 Å². The lowest BCUT2D eigenvalue weighted by Gasteiger charge is -2.35. The fraction of sp³-hybridized carbons (Fsp3) is 0.636. The minimum atomic E-state index is -0.573. The van der Waals surface area contributed by atoms with Crippen molar-refractivity contribution in [1.82, 2.24) is 9.80 Å². The molecule has 0 spiro atoms. The highest BCUT2D eigenvalue weighted by Gasteiger charge is 2.51. The number of hydrogen-bond donors (Lipinski definition) is 0. The van der Waals surface area contributed by atoms with Crippen LogP contribution in [-0.4, -0.2) is 65.4 Å². The largest absolute Gasteiger partial charge is 0.494 e. The zero-order valence-electron chi connectivity index (χ0n) is 19.2. The Morgan fingerprint density at radius 2 is 1.63 bits per heavy atom. The van der Waals surface area contributed by atoms with Gasteiger partial charge in [-0.15, -0.1) is 0 Å². The molecule has 0 bridgehead atoms. The fourth-order valence-corrected chi connectivity index (χ4v) is 3.34. The number of nitrogens with zero attached hydrogens (tertiary/aromatic N) is 2. The summed E-state index contributed by atoms with van der Waals surface area (Å²) in [6.07, 6.45) is -0.442. The molecule has 164 valence electrons. The average molecular weight is 416 g/mol. The monoisotopic (exact) mass is 416 g/mol. The molecule has 2 saturated heterocycles. The van der Waals surface area contributed by atoms with Crippen molar-refractivity contribution in [2.45, 2.75) is 71.8 Å². The lowest BCUT2D eigenvalue weighted by molar-refractivity contribution is -0.136. The van der Waals surface area contributed by atoms with E-state index < -0.39 is 18.8 Å². The normalized spacial score (nSPS) is 21.2. The van der Waals surface area contributed by atoms with Crippen molar-refractivity contribution >= 4 is 24.6 Å². The second-order valence-electron chi connectivity index (χ2n) is 10.0. The van der Waals surface area contributed by atoms with Gasteiger partial charge in [0.25, 0.3) is 0 Å². The summed E-state index contributed by atoms with van der Waals surface area (Å²) in [4.78, 5) is 28.0. The van der Waals surface area contributed by atoms with Crippen LogP contribution in [0, 0.1) is 0 Å². The van der Waals surface area contributed by atoms with Crippen molar-refractivity contribution in [2.24, 2.45) is 0 Å². The van der Waals surface area contributed by atoms with Gasteiger partial charge in [0.2, 0.25) is 5.91 Å². The molecular weight excluding hydrogens is 383 g/mol. The van der Waals surface area contributed by atoms with Gasteiger partial charge in [0.1, 0.15) is 12.1 Å². The van der Waals surface area contributed by atoms with Crippen LogP contribution in [0.2, 0.25) is 0 Å². The zero-order valence-corrected chi connectivity index (χ0v) is 19.2. The van der Waals surface area contributed by atoms with Gasteiger partial charge in [-0.25, -0.2) is 4.79 Å². The van der Waals surface area contributed by atoms with E-state index in [1.54, 1.807) is 4.90 Å². The van der Waals surface area contributed by atoms with Gasteiger partial charge in [-0.05, 0) is 59.5 Å². The van der Waals surface area contributed by atoms with Crippen LogP contribution < -0.4 is 5.46 Å². The molecule has 0 aromatic heterocycles. The molecule has 1 aromatic carbocycles. The Labute approximate surface area is 179 Å². The van der Waals surface area contributed by atoms with Gasteiger partial charge in [0.15, 0.2) is 0 Å². The first kappa shape index (κ1) is 22.6. The Morgan fingerprint density at radius 1 is 1.07 bits per heavy atom. The van der Waals surface area contributed by atoms with Gasteiger partial charge in [-0.3, -0.25) is 9.69 Å². The average Bonchev–Trinajstić information content (AvgIpc) is 2.83. The molecule has 2 aliphatic heterocycles. The quantitative estimate of drug-likeness (QED) is 0.709. The third kappa shape index (κ3) is 4.98. The number of piperazine rings is 1. The standard InChI is InChI=1S/C22H33BN2O5/c1-20(2,3)28-19(27)25-13-12-24(18(26)15-25)14-16-8-10-17(11-9-16)23-29-21(4,5)22(6,7)30-23/h8-11H,12-15H2,1-7H3. The van der Waals surface area contributed by atoms with E-state index in [2.05, 4.69) is 0 Å². The molecule has 2 fully saturated rings. The van der Waals surface area contributed by atoms with E-state index >= 15 is 0 Å². The number of amides is 2. The highest BCUT2D eigenvalue weighted by molar-refractivity contribution is 6.62. The Balaban J connectivity index is 1.57. The van der Waals surface area contributed by atoms with E-state index in [9.17, 15) is 9.59 Å². The molecule has 2 aliphatic rings. The van der Waals surface area contributed by atoms with Crippen molar-refractivity contribution in [3.63, 3.8) is 0 Å². The van der Waals surface area contributed by atoms with Crippen LogP contribution in [0.15, 0.2) is 24.3 Å². The molecule has 7 nitrogen and oxygen atoms in total. The highest BCUT2D eigenvalue weighted by Crippen LogP contribution is 2.36. The summed E-state index contributed by atoms with van der Waals surface area (Å²) in [6.45, 7) is 15.1. The van der Waals surface area contributed by atoms with Gasteiger partial charge in [0, 0.05) is 19.6 Å². The Kier molecular flexibility index (Phi) is 5.95. The van der Waals surface area contributed by atoms with Crippen LogP contribution in [0.5, 0.6) is 0 Å². The number of carbonyl (C=O) groups excluding carboxylic acids is 2. The number of ether oxygens (including phenoxy) is 1. The molecule has 1 aromatic rings. The Bertz CT molecular complexity index is 785. The Morgan fingerprint density at radius 3 is 2.13 bits per heavy atom. The van der Waals surface area contributed by atoms with E-state index in [4.69, 9.17) is 14.0 Å². The van der Waals surface area contributed by atoms with Crippen LogP contribution >= 0.6 is 0 Å². The maximum absolute atomic E-state index is 12.5. The van der Waals surface area contributed by atoms with Gasteiger partial charge >= 0.3 is 13.2 Å². The maximum atomic E-state index is 12.5. The summed E-state index contributed by atoms with van der Waals surface area (Å²) < 4.78 is 17.5. The summed E-state index contributed by atoms with van der Waals surface area (Å²) >= 11 is 0. The highest BCUT2D eigenvalue weighted by atomic mass is 16.7. The molecule has 0 saturated carbocycles. The second kappa shape index (κ2) is 7.89. The van der Waals surface area contributed by atoms with Crippen LogP contribution in [0.1, 0.15) is 54.0 Å². The van der Waals surface area contributed by atoms with Crippen molar-refractivity contribution in [2.75, 3.05) is 19.6 Å². The maximum Gasteiger partial charge on any atom is 0.494 e. The number of rotatable bonds is 3. The lowest BCUT2D eigenvalue weighted by Crippen LogP contribution is -2.52. The third-order valence-corrected chi connectivity index (χ3v) is 5.85. The first-order chi connectivity index (χ1) is 13.8. The minimum Gasteiger partial charge on any atom is -0.444 e. The molecule has 3 rings (SSSR count). The van der Waals surface area contributed by atoms with Gasteiger partial charge in [0.05, 0.1) is 11.2 Å². The van der Waals surface area contributed by atoms with E-state index in [-0.39, 0.29) is 23.7 Å². The molecule has 0 unspecified atom stereocenters. The molecular formula is C22H33BN2O5. The van der Waals surface area contributed by atoms with E-state index in [0.29, 0.717) is 19.6 Å². The molecule has 8 heteroatoms. The number of benzene rings is 1. The molecule has 0 radical (unpaired) electrons. The van der Waals surface area contributed by atoms with E-state index in [1.165, 1.54) is 4.90 Å². The summed E-state index contributed by atoms with van der Waals surface area (Å²) in [5.74, 6) is -0.0813. The van der Waals surface area contributed by atoms with Crippen LogP contribution in [0.3, 0.4) is 0 Å². The molecule has 0 aliphatic carbocycles. The van der Waals surface area contributed by atoms with E-state index in [1.807, 2.05) is 72.7 Å². The first-order valence-corrected chi connectivity index (χ1v) is 10.5. The predicted octanol–water partition coefficient (Wildman–Crippen LogP) is 2.57. The second-order valence-corrected chi connectivity index (χ2v) is 10.0. The fourth-order valence-electron chi connectivity index (χ4n) is 3.34. The minimum absolute atomic E-state index is 0.0426. The smallest absolute Gasteiger partial charge is 0.444 e. The van der Waals surface area contributed by atoms with Crippen molar-refractivity contribution in [1.29, 1.82) is 0 Å². The number of carbonyl (C=O) groups is 2. The first-order valence-electron chi connectivity index (χ1n) is 10.5. The Hall–Kier alpha value is -2.06. The van der Waals surface area contributed by atoms with Crippen molar-refractivity contribution in [3.05, 3.63) is 29.8 Å². The summed E-state index contributed by atoms with van der Waals surface area (Å²) in [7, 11) is -0.400. The molecule has 0 atom stereocenters. The summed E-state index contributed by atoms with van der Waals surface area (Å²) in [5.41, 5.74) is 0.649. The zero-order chi connectivity index (χ0) is 22.3. The molecule has 30 heavy (non-hydrogen) atoms. The third-order valence-electron chi connectivity index (χ3n) is 5.85. The summed E-state index contributed by atoms with van der Waals surface area (Å²) in [6, 6.07) is 7.96. The van der Waals surface area contributed by atoms with E-state index in [0.717, 1.165) is 11.0 Å². The van der Waals surface area contributed by atoms with Crippen molar-refractivity contribution < 1.29 is 23.6 Å². The molecule has 0 N–H and O–H groups in total. The van der Waals surface area contributed by atoms with Crippen LogP contribution in [0.4, 0.5) is 4.79 Å². The summed E-state index contributed by atoms with van der Waals surface area (Å²) in [5, 5.41) is 0. The van der Waals surface area contributed by atoms with Crippen LogP contribution in [0.25, 0.3) is 0 Å². The van der Waals surface area contributed by atoms with Gasteiger partial charge in [-0.1, -0.05) is 24.3 Å². The molecule has 2 heterocycles. The lowest BCUT2D eigenvalue weighted by atomic mass is 9.79. The number of hydrogen-bond acceptors (Lipinski definition) is 5. The predicted molar refractivity (Wildman–Crippen MR) is 115 cm³/mol.